The Balaban J connectivity index is 2.28. The van der Waals surface area contributed by atoms with E-state index in [0.29, 0.717) is 13.1 Å². The van der Waals surface area contributed by atoms with Gasteiger partial charge in [0.2, 0.25) is 0 Å². The number of nitrogens with zero attached hydrogens (tertiary/aromatic N) is 3. The van der Waals surface area contributed by atoms with Gasteiger partial charge in [0.1, 0.15) is 0 Å². The van der Waals surface area contributed by atoms with Crippen molar-refractivity contribution in [1.82, 2.24) is 14.8 Å². The van der Waals surface area contributed by atoms with Crippen molar-refractivity contribution in [3.05, 3.63) is 46.5 Å². The maximum Gasteiger partial charge on any atom is 0.0834 e. The molecule has 0 spiro atoms. The minimum Gasteiger partial charge on any atom is -0.325 e. The summed E-state index contributed by atoms with van der Waals surface area (Å²) in [7, 11) is 0. The van der Waals surface area contributed by atoms with Gasteiger partial charge in [0, 0.05) is 12.2 Å². The summed E-state index contributed by atoms with van der Waals surface area (Å²) in [6.07, 6.45) is 0. The van der Waals surface area contributed by atoms with Crippen LogP contribution in [0.1, 0.15) is 28.3 Å². The molecule has 17 heavy (non-hydrogen) atoms. The smallest absolute Gasteiger partial charge is 0.0834 e. The lowest BCUT2D eigenvalue weighted by Gasteiger charge is -2.05. The second-order valence-electron chi connectivity index (χ2n) is 4.28. The molecule has 2 heterocycles. The van der Waals surface area contributed by atoms with Crippen LogP contribution in [-0.2, 0) is 13.1 Å². The molecule has 0 atom stereocenters. The SMILES string of the molecule is Cc1nn(Cc2cccc(CN)n2)c(C)c1C. The van der Waals surface area contributed by atoms with Gasteiger partial charge in [-0.3, -0.25) is 9.67 Å². The van der Waals surface area contributed by atoms with Gasteiger partial charge in [-0.15, -0.1) is 0 Å². The number of rotatable bonds is 3. The van der Waals surface area contributed by atoms with Crippen molar-refractivity contribution in [2.75, 3.05) is 0 Å². The number of hydrogen-bond acceptors (Lipinski definition) is 3. The van der Waals surface area contributed by atoms with E-state index in [-0.39, 0.29) is 0 Å². The van der Waals surface area contributed by atoms with Gasteiger partial charge in [-0.2, -0.15) is 5.10 Å². The van der Waals surface area contributed by atoms with E-state index in [1.54, 1.807) is 0 Å². The van der Waals surface area contributed by atoms with Crippen molar-refractivity contribution >= 4 is 0 Å². The van der Waals surface area contributed by atoms with Crippen LogP contribution < -0.4 is 5.73 Å². The van der Waals surface area contributed by atoms with Crippen molar-refractivity contribution in [2.24, 2.45) is 5.73 Å². The molecule has 0 aliphatic carbocycles. The Bertz CT molecular complexity index is 528. The molecule has 2 rings (SSSR count). The molecule has 0 unspecified atom stereocenters. The van der Waals surface area contributed by atoms with Gasteiger partial charge >= 0.3 is 0 Å². The van der Waals surface area contributed by atoms with Crippen molar-refractivity contribution in [1.29, 1.82) is 0 Å². The van der Waals surface area contributed by atoms with E-state index >= 15 is 0 Å². The fourth-order valence-corrected chi connectivity index (χ4v) is 1.82. The van der Waals surface area contributed by atoms with E-state index in [0.717, 1.165) is 17.1 Å². The fraction of sp³-hybridized carbons (Fsp3) is 0.385. The van der Waals surface area contributed by atoms with Crippen LogP contribution in [0.15, 0.2) is 18.2 Å². The Morgan fingerprint density at radius 2 is 1.88 bits per heavy atom. The molecule has 0 aromatic carbocycles. The fourth-order valence-electron chi connectivity index (χ4n) is 1.82. The normalized spacial score (nSPS) is 10.8. The van der Waals surface area contributed by atoms with Crippen molar-refractivity contribution in [3.8, 4) is 0 Å². The summed E-state index contributed by atoms with van der Waals surface area (Å²) in [5.74, 6) is 0. The highest BCUT2D eigenvalue weighted by Crippen LogP contribution is 2.12. The summed E-state index contributed by atoms with van der Waals surface area (Å²) in [5, 5.41) is 4.51. The molecule has 0 radical (unpaired) electrons. The Morgan fingerprint density at radius 1 is 1.18 bits per heavy atom. The summed E-state index contributed by atoms with van der Waals surface area (Å²) in [5.41, 5.74) is 11.0. The number of aromatic nitrogens is 3. The average Bonchev–Trinajstić information content (AvgIpc) is 2.57. The average molecular weight is 230 g/mol. The lowest BCUT2D eigenvalue weighted by Crippen LogP contribution is -2.08. The van der Waals surface area contributed by atoms with Gasteiger partial charge in [-0.1, -0.05) is 6.07 Å². The van der Waals surface area contributed by atoms with Crippen LogP contribution in [0.25, 0.3) is 0 Å². The number of aryl methyl sites for hydroxylation is 1. The van der Waals surface area contributed by atoms with E-state index in [1.165, 1.54) is 11.3 Å². The summed E-state index contributed by atoms with van der Waals surface area (Å²) in [6, 6.07) is 5.93. The molecule has 2 aromatic heterocycles. The van der Waals surface area contributed by atoms with Crippen LogP contribution in [-0.4, -0.2) is 14.8 Å². The van der Waals surface area contributed by atoms with E-state index in [2.05, 4.69) is 23.9 Å². The third kappa shape index (κ3) is 2.36. The maximum absolute atomic E-state index is 5.59. The standard InChI is InChI=1S/C13H18N4/c1-9-10(2)16-17(11(9)3)8-13-6-4-5-12(7-14)15-13/h4-6H,7-8,14H2,1-3H3. The first-order valence-electron chi connectivity index (χ1n) is 5.77. The zero-order valence-electron chi connectivity index (χ0n) is 10.6. The lowest BCUT2D eigenvalue weighted by molar-refractivity contribution is 0.643. The Kier molecular flexibility index (Phi) is 3.24. The second-order valence-corrected chi connectivity index (χ2v) is 4.28. The summed E-state index contributed by atoms with van der Waals surface area (Å²) in [6.45, 7) is 7.39. The first kappa shape index (κ1) is 11.8. The quantitative estimate of drug-likeness (QED) is 0.873. The van der Waals surface area contributed by atoms with Gasteiger partial charge in [0.25, 0.3) is 0 Å². The highest BCUT2D eigenvalue weighted by Gasteiger charge is 2.08. The van der Waals surface area contributed by atoms with Crippen LogP contribution >= 0.6 is 0 Å². The summed E-state index contributed by atoms with van der Waals surface area (Å²) in [4.78, 5) is 4.48. The van der Waals surface area contributed by atoms with Crippen LogP contribution in [0, 0.1) is 20.8 Å². The van der Waals surface area contributed by atoms with Crippen molar-refractivity contribution in [2.45, 2.75) is 33.9 Å². The van der Waals surface area contributed by atoms with E-state index in [9.17, 15) is 0 Å². The molecule has 0 saturated heterocycles. The number of pyridine rings is 1. The highest BCUT2D eigenvalue weighted by molar-refractivity contribution is 5.23. The summed E-state index contributed by atoms with van der Waals surface area (Å²) < 4.78 is 1.99. The van der Waals surface area contributed by atoms with Gasteiger partial charge < -0.3 is 5.73 Å². The minimum atomic E-state index is 0.476. The molecule has 0 amide bonds. The molecule has 2 aromatic rings. The molecule has 2 N–H and O–H groups in total. The maximum atomic E-state index is 5.59. The van der Waals surface area contributed by atoms with Crippen LogP contribution in [0.2, 0.25) is 0 Å². The third-order valence-corrected chi connectivity index (χ3v) is 3.13. The molecule has 0 aliphatic heterocycles. The topological polar surface area (TPSA) is 56.7 Å². The zero-order valence-corrected chi connectivity index (χ0v) is 10.6. The van der Waals surface area contributed by atoms with Gasteiger partial charge in [-0.25, -0.2) is 0 Å². The third-order valence-electron chi connectivity index (χ3n) is 3.13. The molecular weight excluding hydrogens is 212 g/mol. The van der Waals surface area contributed by atoms with Gasteiger partial charge in [-0.05, 0) is 38.5 Å². The second kappa shape index (κ2) is 4.67. The Morgan fingerprint density at radius 3 is 2.47 bits per heavy atom. The van der Waals surface area contributed by atoms with E-state index in [1.807, 2.05) is 29.8 Å². The molecule has 0 aliphatic rings. The van der Waals surface area contributed by atoms with Crippen molar-refractivity contribution < 1.29 is 0 Å². The Hall–Kier alpha value is -1.68. The molecule has 0 bridgehead atoms. The van der Waals surface area contributed by atoms with E-state index < -0.39 is 0 Å². The predicted molar refractivity (Wildman–Crippen MR) is 67.7 cm³/mol. The van der Waals surface area contributed by atoms with Gasteiger partial charge in [0.05, 0.1) is 23.6 Å². The summed E-state index contributed by atoms with van der Waals surface area (Å²) >= 11 is 0. The largest absolute Gasteiger partial charge is 0.325 e. The molecule has 90 valence electrons. The van der Waals surface area contributed by atoms with E-state index in [4.69, 9.17) is 5.73 Å². The van der Waals surface area contributed by atoms with Gasteiger partial charge in [0.15, 0.2) is 0 Å². The first-order chi connectivity index (χ1) is 8.11. The first-order valence-corrected chi connectivity index (χ1v) is 5.77. The van der Waals surface area contributed by atoms with Crippen molar-refractivity contribution in [3.63, 3.8) is 0 Å². The Labute approximate surface area is 101 Å². The molecule has 0 fully saturated rings. The number of hydrogen-bond donors (Lipinski definition) is 1. The van der Waals surface area contributed by atoms with Crippen LogP contribution in [0.5, 0.6) is 0 Å². The predicted octanol–water partition coefficient (Wildman–Crippen LogP) is 1.71. The molecular formula is C13H18N4. The minimum absolute atomic E-state index is 0.476. The number of nitrogens with two attached hydrogens (primary N) is 1. The molecule has 0 saturated carbocycles. The van der Waals surface area contributed by atoms with Crippen LogP contribution in [0.3, 0.4) is 0 Å². The monoisotopic (exact) mass is 230 g/mol. The highest BCUT2D eigenvalue weighted by atomic mass is 15.3. The van der Waals surface area contributed by atoms with Crippen LogP contribution in [0.4, 0.5) is 0 Å². The lowest BCUT2D eigenvalue weighted by atomic mass is 10.2. The molecule has 4 nitrogen and oxygen atoms in total. The zero-order chi connectivity index (χ0) is 12.4. The molecule has 4 heteroatoms.